The number of aromatic nitrogens is 1. The van der Waals surface area contributed by atoms with Crippen LogP contribution in [-0.4, -0.2) is 49.4 Å². The van der Waals surface area contributed by atoms with Gasteiger partial charge < -0.3 is 14.8 Å². The molecule has 2 aliphatic heterocycles. The maximum atomic E-state index is 13.3. The van der Waals surface area contributed by atoms with Crippen molar-refractivity contribution in [3.05, 3.63) is 42.0 Å². The number of amides is 1. The Bertz CT molecular complexity index is 1290. The molecule has 1 saturated heterocycles. The topological polar surface area (TPSA) is 97.8 Å². The number of anilines is 1. The Morgan fingerprint density at radius 1 is 1.19 bits per heavy atom. The Labute approximate surface area is 190 Å². The first-order chi connectivity index (χ1) is 15.5. The van der Waals surface area contributed by atoms with Gasteiger partial charge in [-0.2, -0.15) is 4.31 Å². The molecule has 0 unspecified atom stereocenters. The van der Waals surface area contributed by atoms with Crippen molar-refractivity contribution in [2.24, 2.45) is 0 Å². The average molecular weight is 474 g/mol. The highest BCUT2D eigenvalue weighted by Crippen LogP contribution is 2.35. The molecule has 5 rings (SSSR count). The fourth-order valence-electron chi connectivity index (χ4n) is 4.04. The predicted octanol–water partition coefficient (Wildman–Crippen LogP) is 3.42. The van der Waals surface area contributed by atoms with E-state index in [9.17, 15) is 13.2 Å². The third-order valence-electron chi connectivity index (χ3n) is 5.72. The van der Waals surface area contributed by atoms with Crippen LogP contribution in [0.1, 0.15) is 25.3 Å². The lowest BCUT2D eigenvalue weighted by Gasteiger charge is -2.24. The molecule has 8 nitrogen and oxygen atoms in total. The van der Waals surface area contributed by atoms with Crippen molar-refractivity contribution in [2.75, 3.05) is 25.1 Å². The number of fused-ring (bicyclic) bond motifs is 2. The summed E-state index contributed by atoms with van der Waals surface area (Å²) in [4.78, 5) is 17.6. The minimum Gasteiger partial charge on any atom is -0.486 e. The number of nitrogens with one attached hydrogen (secondary N) is 1. The summed E-state index contributed by atoms with van der Waals surface area (Å²) >= 11 is 1.39. The van der Waals surface area contributed by atoms with Crippen LogP contribution in [0, 0.1) is 0 Å². The van der Waals surface area contributed by atoms with Gasteiger partial charge in [-0.25, -0.2) is 13.4 Å². The highest BCUT2D eigenvalue weighted by Gasteiger charge is 2.40. The SMILES string of the molecule is CCc1ccc2nc(NC(=O)[C@@H]3CCCN3S(=O)(=O)c3ccc4c(c3)OCCO4)sc2c1. The number of sulfonamides is 1. The summed E-state index contributed by atoms with van der Waals surface area (Å²) in [6.45, 7) is 3.17. The Morgan fingerprint density at radius 2 is 2.00 bits per heavy atom. The van der Waals surface area contributed by atoms with Crippen LogP contribution in [0.3, 0.4) is 0 Å². The molecule has 1 aromatic heterocycles. The summed E-state index contributed by atoms with van der Waals surface area (Å²) < 4.78 is 39.9. The number of nitrogens with zero attached hydrogens (tertiary/aromatic N) is 2. The summed E-state index contributed by atoms with van der Waals surface area (Å²) in [5.41, 5.74) is 2.01. The van der Waals surface area contributed by atoms with Crippen molar-refractivity contribution in [3.8, 4) is 11.5 Å². The first kappa shape index (κ1) is 21.2. The predicted molar refractivity (Wildman–Crippen MR) is 122 cm³/mol. The van der Waals surface area contributed by atoms with Gasteiger partial charge in [0.15, 0.2) is 16.6 Å². The second kappa shape index (κ2) is 8.34. The smallest absolute Gasteiger partial charge is 0.244 e. The normalized spacial score (nSPS) is 18.7. The largest absolute Gasteiger partial charge is 0.486 e. The highest BCUT2D eigenvalue weighted by atomic mass is 32.2. The van der Waals surface area contributed by atoms with Crippen LogP contribution in [0.25, 0.3) is 10.2 Å². The minimum atomic E-state index is -3.87. The molecule has 3 heterocycles. The molecule has 0 spiro atoms. The van der Waals surface area contributed by atoms with Gasteiger partial charge in [0.25, 0.3) is 0 Å². The Hall–Kier alpha value is -2.69. The number of carbonyl (C=O) groups is 1. The first-order valence-corrected chi connectivity index (χ1v) is 12.8. The van der Waals surface area contributed by atoms with E-state index in [1.54, 1.807) is 6.07 Å². The zero-order chi connectivity index (χ0) is 22.3. The summed E-state index contributed by atoms with van der Waals surface area (Å²) in [5.74, 6) is 0.560. The van der Waals surface area contributed by atoms with E-state index in [0.29, 0.717) is 42.7 Å². The van der Waals surface area contributed by atoms with Crippen LogP contribution >= 0.6 is 11.3 Å². The third kappa shape index (κ3) is 3.82. The standard InChI is InChI=1S/C22H23N3O5S2/c1-2-14-5-7-16-20(12-14)31-22(23-16)24-21(26)17-4-3-9-25(17)32(27,28)15-6-8-18-19(13-15)30-11-10-29-18/h5-8,12-13,17H,2-4,9-11H2,1H3,(H,23,24,26)/t17-/m0/s1. The quantitative estimate of drug-likeness (QED) is 0.610. The monoisotopic (exact) mass is 473 g/mol. The molecule has 0 radical (unpaired) electrons. The molecule has 1 N–H and O–H groups in total. The van der Waals surface area contributed by atoms with Crippen molar-refractivity contribution in [3.63, 3.8) is 0 Å². The van der Waals surface area contributed by atoms with E-state index < -0.39 is 16.1 Å². The molecular weight excluding hydrogens is 450 g/mol. The summed E-state index contributed by atoms with van der Waals surface area (Å²) in [6.07, 6.45) is 1.99. The number of aryl methyl sites for hydroxylation is 1. The van der Waals surface area contributed by atoms with Gasteiger partial charge in [0, 0.05) is 12.6 Å². The van der Waals surface area contributed by atoms with E-state index in [-0.39, 0.29) is 17.3 Å². The first-order valence-electron chi connectivity index (χ1n) is 10.6. The van der Waals surface area contributed by atoms with E-state index in [4.69, 9.17) is 9.47 Å². The number of ether oxygens (including phenoxy) is 2. The van der Waals surface area contributed by atoms with Gasteiger partial charge >= 0.3 is 0 Å². The second-order valence-corrected chi connectivity index (χ2v) is 10.7. The van der Waals surface area contributed by atoms with Crippen molar-refractivity contribution >= 4 is 42.6 Å². The number of rotatable bonds is 5. The molecule has 0 saturated carbocycles. The van der Waals surface area contributed by atoms with Gasteiger partial charge in [-0.1, -0.05) is 24.3 Å². The van der Waals surface area contributed by atoms with Gasteiger partial charge in [0.05, 0.1) is 15.1 Å². The number of thiazole rings is 1. The molecule has 1 amide bonds. The summed E-state index contributed by atoms with van der Waals surface area (Å²) in [5, 5.41) is 3.31. The Morgan fingerprint density at radius 3 is 2.81 bits per heavy atom. The van der Waals surface area contributed by atoms with Gasteiger partial charge in [-0.05, 0) is 49.1 Å². The van der Waals surface area contributed by atoms with E-state index >= 15 is 0 Å². The number of hydrogen-bond acceptors (Lipinski definition) is 7. The van der Waals surface area contributed by atoms with E-state index in [1.165, 1.54) is 33.3 Å². The molecule has 2 aliphatic rings. The molecule has 0 aliphatic carbocycles. The lowest BCUT2D eigenvalue weighted by Crippen LogP contribution is -2.43. The summed E-state index contributed by atoms with van der Waals surface area (Å²) in [6, 6.07) is 9.80. The zero-order valence-corrected chi connectivity index (χ0v) is 19.2. The fourth-order valence-corrected chi connectivity index (χ4v) is 6.65. The van der Waals surface area contributed by atoms with Crippen LogP contribution in [0.5, 0.6) is 11.5 Å². The van der Waals surface area contributed by atoms with Crippen LogP contribution < -0.4 is 14.8 Å². The van der Waals surface area contributed by atoms with Crippen LogP contribution in [-0.2, 0) is 21.2 Å². The third-order valence-corrected chi connectivity index (χ3v) is 8.56. The van der Waals surface area contributed by atoms with Gasteiger partial charge in [-0.3, -0.25) is 4.79 Å². The average Bonchev–Trinajstić information content (AvgIpc) is 3.45. The van der Waals surface area contributed by atoms with Gasteiger partial charge in [0.2, 0.25) is 15.9 Å². The molecule has 32 heavy (non-hydrogen) atoms. The minimum absolute atomic E-state index is 0.0912. The maximum Gasteiger partial charge on any atom is 0.244 e. The molecule has 0 bridgehead atoms. The van der Waals surface area contributed by atoms with Crippen LogP contribution in [0.4, 0.5) is 5.13 Å². The lowest BCUT2D eigenvalue weighted by atomic mass is 10.2. The molecule has 3 aromatic rings. The molecule has 2 aromatic carbocycles. The van der Waals surface area contributed by atoms with Crippen molar-refractivity contribution in [1.29, 1.82) is 0 Å². The van der Waals surface area contributed by atoms with Gasteiger partial charge in [0.1, 0.15) is 19.3 Å². The fraction of sp³-hybridized carbons (Fsp3) is 0.364. The van der Waals surface area contributed by atoms with Crippen molar-refractivity contribution in [1.82, 2.24) is 9.29 Å². The Balaban J connectivity index is 1.37. The molecule has 1 atom stereocenters. The van der Waals surface area contributed by atoms with E-state index in [2.05, 4.69) is 23.3 Å². The zero-order valence-electron chi connectivity index (χ0n) is 17.5. The van der Waals surface area contributed by atoms with Crippen LogP contribution in [0.15, 0.2) is 41.3 Å². The summed E-state index contributed by atoms with van der Waals surface area (Å²) in [7, 11) is -3.87. The van der Waals surface area contributed by atoms with Crippen molar-refractivity contribution < 1.29 is 22.7 Å². The number of hydrogen-bond donors (Lipinski definition) is 1. The van der Waals surface area contributed by atoms with E-state index in [1.807, 2.05) is 12.1 Å². The van der Waals surface area contributed by atoms with Gasteiger partial charge in [-0.15, -0.1) is 0 Å². The maximum absolute atomic E-state index is 13.3. The molecule has 168 valence electrons. The van der Waals surface area contributed by atoms with E-state index in [0.717, 1.165) is 16.6 Å². The molecular formula is C22H23N3O5S2. The highest BCUT2D eigenvalue weighted by molar-refractivity contribution is 7.89. The van der Waals surface area contributed by atoms with Crippen molar-refractivity contribution in [2.45, 2.75) is 37.1 Å². The molecule has 10 heteroatoms. The molecule has 1 fully saturated rings. The number of benzene rings is 2. The second-order valence-electron chi connectivity index (χ2n) is 7.74. The Kier molecular flexibility index (Phi) is 5.52. The van der Waals surface area contributed by atoms with Crippen LogP contribution in [0.2, 0.25) is 0 Å². The number of carbonyl (C=O) groups excluding carboxylic acids is 1. The lowest BCUT2D eigenvalue weighted by molar-refractivity contribution is -0.119.